The predicted octanol–water partition coefficient (Wildman–Crippen LogP) is 6.90. The summed E-state index contributed by atoms with van der Waals surface area (Å²) in [6, 6.07) is 16.5. The van der Waals surface area contributed by atoms with Gasteiger partial charge in [-0.2, -0.15) is 0 Å². The maximum absolute atomic E-state index is 11.8. The fourth-order valence-electron chi connectivity index (χ4n) is 3.26. The Bertz CT molecular complexity index is 1140. The molecule has 0 heterocycles. The third-order valence-corrected chi connectivity index (χ3v) is 5.04. The lowest BCUT2D eigenvalue weighted by atomic mass is 9.98. The first-order valence-electron chi connectivity index (χ1n) is 10.2. The van der Waals surface area contributed by atoms with Gasteiger partial charge in [0.25, 0.3) is 0 Å². The van der Waals surface area contributed by atoms with Crippen LogP contribution in [0, 0.1) is 0 Å². The molecule has 0 aliphatic rings. The molecule has 0 aliphatic carbocycles. The summed E-state index contributed by atoms with van der Waals surface area (Å²) in [5.41, 5.74) is 2.57. The summed E-state index contributed by atoms with van der Waals surface area (Å²) in [6.07, 6.45) is 3.04. The highest BCUT2D eigenvalue weighted by atomic mass is 16.5. The second-order valence-corrected chi connectivity index (χ2v) is 7.68. The Morgan fingerprint density at radius 2 is 1.50 bits per heavy atom. The summed E-state index contributed by atoms with van der Waals surface area (Å²) >= 11 is 0. The zero-order valence-electron chi connectivity index (χ0n) is 17.8. The van der Waals surface area contributed by atoms with Gasteiger partial charge in [-0.15, -0.1) is 0 Å². The normalized spacial score (nSPS) is 10.7. The van der Waals surface area contributed by atoms with Crippen LogP contribution in [0.4, 0.5) is 0 Å². The molecule has 0 saturated carbocycles. The minimum Gasteiger partial charge on any atom is -0.494 e. The zero-order valence-corrected chi connectivity index (χ0v) is 17.8. The number of fused-ring (bicyclic) bond motifs is 3. The van der Waals surface area contributed by atoms with Crippen molar-refractivity contribution in [3.63, 3.8) is 0 Å². The topological polar surface area (TPSA) is 35.5 Å². The van der Waals surface area contributed by atoms with Gasteiger partial charge in [0.15, 0.2) is 0 Å². The van der Waals surface area contributed by atoms with Crippen LogP contribution in [0.25, 0.3) is 21.5 Å². The molecule has 0 spiro atoms. The number of carbonyl (C=O) groups is 1. The highest BCUT2D eigenvalue weighted by Crippen LogP contribution is 2.29. The molecule has 30 heavy (non-hydrogen) atoms. The second kappa shape index (κ2) is 9.45. The SMILES string of the molecule is C=C(C)C(=C)OCCCCc1ccc2c(ccc3cc(OC(=O)C(=C)C)ccc32)c1. The summed E-state index contributed by atoms with van der Waals surface area (Å²) < 4.78 is 10.9. The third kappa shape index (κ3) is 5.18. The van der Waals surface area contributed by atoms with Crippen molar-refractivity contribution in [3.05, 3.63) is 90.7 Å². The average Bonchev–Trinajstić information content (AvgIpc) is 2.72. The number of carbonyl (C=O) groups excluding carboxylic acids is 1. The molecule has 0 atom stereocenters. The maximum Gasteiger partial charge on any atom is 0.338 e. The number of allylic oxidation sites excluding steroid dienone is 1. The van der Waals surface area contributed by atoms with Crippen LogP contribution in [0.3, 0.4) is 0 Å². The second-order valence-electron chi connectivity index (χ2n) is 7.68. The Morgan fingerprint density at radius 3 is 2.17 bits per heavy atom. The number of ether oxygens (including phenoxy) is 2. The molecular formula is C27H28O3. The molecule has 0 fully saturated rings. The Labute approximate surface area is 178 Å². The summed E-state index contributed by atoms with van der Waals surface area (Å²) in [7, 11) is 0. The first-order valence-corrected chi connectivity index (χ1v) is 10.2. The van der Waals surface area contributed by atoms with E-state index in [4.69, 9.17) is 9.47 Å². The number of esters is 1. The number of benzene rings is 3. The minimum absolute atomic E-state index is 0.383. The number of hydrogen-bond donors (Lipinski definition) is 0. The van der Waals surface area contributed by atoms with E-state index in [1.54, 1.807) is 6.92 Å². The lowest BCUT2D eigenvalue weighted by Gasteiger charge is -2.10. The van der Waals surface area contributed by atoms with Gasteiger partial charge in [-0.3, -0.25) is 0 Å². The molecule has 0 unspecified atom stereocenters. The molecule has 0 N–H and O–H groups in total. The molecule has 0 bridgehead atoms. The summed E-state index contributed by atoms with van der Waals surface area (Å²) in [5.74, 6) is 0.794. The number of aryl methyl sites for hydroxylation is 1. The molecule has 3 heteroatoms. The van der Waals surface area contributed by atoms with E-state index in [1.165, 1.54) is 16.3 Å². The van der Waals surface area contributed by atoms with Gasteiger partial charge < -0.3 is 9.47 Å². The van der Waals surface area contributed by atoms with E-state index in [-0.39, 0.29) is 0 Å². The van der Waals surface area contributed by atoms with E-state index in [2.05, 4.69) is 50.1 Å². The molecule has 0 aliphatic heterocycles. The fourth-order valence-corrected chi connectivity index (χ4v) is 3.26. The Balaban J connectivity index is 1.68. The molecule has 0 radical (unpaired) electrons. The van der Waals surface area contributed by atoms with Crippen LogP contribution in [0.15, 0.2) is 85.2 Å². The van der Waals surface area contributed by atoms with Gasteiger partial charge in [0.05, 0.1) is 6.61 Å². The molecular weight excluding hydrogens is 372 g/mol. The smallest absolute Gasteiger partial charge is 0.338 e. The van der Waals surface area contributed by atoms with E-state index in [0.717, 1.165) is 35.6 Å². The van der Waals surface area contributed by atoms with Crippen molar-refractivity contribution >= 4 is 27.5 Å². The van der Waals surface area contributed by atoms with Crippen LogP contribution in [-0.4, -0.2) is 12.6 Å². The van der Waals surface area contributed by atoms with E-state index in [9.17, 15) is 4.79 Å². The van der Waals surface area contributed by atoms with Gasteiger partial charge in [0, 0.05) is 5.57 Å². The van der Waals surface area contributed by atoms with Crippen LogP contribution in [0.2, 0.25) is 0 Å². The molecule has 0 amide bonds. The lowest BCUT2D eigenvalue weighted by molar-refractivity contribution is -0.130. The van der Waals surface area contributed by atoms with Crippen molar-refractivity contribution in [3.8, 4) is 5.75 Å². The van der Waals surface area contributed by atoms with E-state index >= 15 is 0 Å². The van der Waals surface area contributed by atoms with Crippen molar-refractivity contribution in [2.24, 2.45) is 0 Å². The van der Waals surface area contributed by atoms with E-state index in [0.29, 0.717) is 23.7 Å². The Morgan fingerprint density at radius 1 is 0.833 bits per heavy atom. The summed E-state index contributed by atoms with van der Waals surface area (Å²) in [6.45, 7) is 15.5. The quantitative estimate of drug-likeness (QED) is 0.0745. The first kappa shape index (κ1) is 21.4. The summed E-state index contributed by atoms with van der Waals surface area (Å²) in [4.78, 5) is 11.8. The average molecular weight is 401 g/mol. The van der Waals surface area contributed by atoms with Gasteiger partial charge in [-0.25, -0.2) is 4.79 Å². The molecule has 0 aromatic heterocycles. The van der Waals surface area contributed by atoms with Crippen LogP contribution in [-0.2, 0) is 16.0 Å². The van der Waals surface area contributed by atoms with E-state index < -0.39 is 5.97 Å². The van der Waals surface area contributed by atoms with E-state index in [1.807, 2.05) is 25.1 Å². The lowest BCUT2D eigenvalue weighted by Crippen LogP contribution is -2.07. The molecule has 0 saturated heterocycles. The van der Waals surface area contributed by atoms with Crippen molar-refractivity contribution in [1.82, 2.24) is 0 Å². The standard InChI is InChI=1S/C27H28O3/c1-18(2)20(5)29-15-7-6-8-21-9-13-25-22(16-21)10-11-23-17-24(12-14-26(23)25)30-27(28)19(3)4/h9-14,16-17H,1,3,5-8,15H2,2,4H3. The monoisotopic (exact) mass is 400 g/mol. The molecule has 3 aromatic carbocycles. The number of hydrogen-bond acceptors (Lipinski definition) is 3. The van der Waals surface area contributed by atoms with Crippen molar-refractivity contribution in [1.29, 1.82) is 0 Å². The van der Waals surface area contributed by atoms with Crippen LogP contribution >= 0.6 is 0 Å². The van der Waals surface area contributed by atoms with Crippen molar-refractivity contribution < 1.29 is 14.3 Å². The summed E-state index contributed by atoms with van der Waals surface area (Å²) in [5, 5.41) is 4.58. The fraction of sp³-hybridized carbons (Fsp3) is 0.222. The molecule has 3 rings (SSSR count). The third-order valence-electron chi connectivity index (χ3n) is 5.04. The maximum atomic E-state index is 11.8. The van der Waals surface area contributed by atoms with Crippen molar-refractivity contribution in [2.45, 2.75) is 33.1 Å². The highest BCUT2D eigenvalue weighted by Gasteiger charge is 2.08. The Hall–Kier alpha value is -3.33. The molecule has 3 nitrogen and oxygen atoms in total. The first-order chi connectivity index (χ1) is 14.3. The van der Waals surface area contributed by atoms with Gasteiger partial charge in [-0.1, -0.05) is 56.1 Å². The van der Waals surface area contributed by atoms with Crippen LogP contribution in [0.1, 0.15) is 32.3 Å². The van der Waals surface area contributed by atoms with Crippen LogP contribution < -0.4 is 4.74 Å². The zero-order chi connectivity index (χ0) is 21.7. The Kier molecular flexibility index (Phi) is 6.73. The largest absolute Gasteiger partial charge is 0.494 e. The van der Waals surface area contributed by atoms with Gasteiger partial charge in [0.2, 0.25) is 0 Å². The van der Waals surface area contributed by atoms with Gasteiger partial charge in [0.1, 0.15) is 11.5 Å². The highest BCUT2D eigenvalue weighted by molar-refractivity contribution is 6.08. The number of unbranched alkanes of at least 4 members (excludes halogenated alkanes) is 1. The predicted molar refractivity (Wildman–Crippen MR) is 125 cm³/mol. The number of rotatable bonds is 9. The minimum atomic E-state index is -0.408. The van der Waals surface area contributed by atoms with Gasteiger partial charge in [-0.05, 0) is 77.9 Å². The molecule has 3 aromatic rings. The van der Waals surface area contributed by atoms with Crippen molar-refractivity contribution in [2.75, 3.05) is 6.61 Å². The molecule has 154 valence electrons. The van der Waals surface area contributed by atoms with Gasteiger partial charge >= 0.3 is 5.97 Å². The van der Waals surface area contributed by atoms with Crippen LogP contribution in [0.5, 0.6) is 5.75 Å².